The van der Waals surface area contributed by atoms with Gasteiger partial charge in [0.25, 0.3) is 0 Å². The maximum atomic E-state index is 11.8. The Morgan fingerprint density at radius 2 is 1.71 bits per heavy atom. The molecule has 2 aliphatic heterocycles. The monoisotopic (exact) mass is 317 g/mol. The highest BCUT2D eigenvalue weighted by molar-refractivity contribution is 7.87. The first-order valence-corrected chi connectivity index (χ1v) is 9.07. The van der Waals surface area contributed by atoms with Gasteiger partial charge in [0.15, 0.2) is 0 Å². The van der Waals surface area contributed by atoms with Crippen LogP contribution in [-0.2, 0) is 14.9 Å². The van der Waals surface area contributed by atoms with Crippen molar-refractivity contribution in [2.24, 2.45) is 0 Å². The zero-order chi connectivity index (χ0) is 14.9. The number of aliphatic hydroxyl groups is 1. The molecule has 0 unspecified atom stereocenters. The van der Waals surface area contributed by atoms with Gasteiger partial charge in [0, 0.05) is 6.04 Å². The molecule has 0 aromatic carbocycles. The minimum absolute atomic E-state index is 0.0833. The van der Waals surface area contributed by atoms with Gasteiger partial charge in [-0.2, -0.15) is 8.42 Å². The first kappa shape index (κ1) is 14.9. The molecule has 1 saturated carbocycles. The van der Waals surface area contributed by atoms with Crippen molar-refractivity contribution >= 4 is 10.2 Å². The molecular weight excluding hydrogens is 294 g/mol. The highest BCUT2D eigenvalue weighted by atomic mass is 32.2. The van der Waals surface area contributed by atoms with Crippen molar-refractivity contribution in [3.8, 4) is 0 Å². The minimum atomic E-state index is -3.59. The Labute approximate surface area is 125 Å². The lowest BCUT2D eigenvalue weighted by Gasteiger charge is -2.35. The third-order valence-electron chi connectivity index (χ3n) is 4.44. The van der Waals surface area contributed by atoms with E-state index in [2.05, 4.69) is 10.0 Å². The number of ether oxygens (including phenoxy) is 1. The van der Waals surface area contributed by atoms with E-state index in [9.17, 15) is 13.5 Å². The highest BCUT2D eigenvalue weighted by Crippen LogP contribution is 2.30. The topological polar surface area (TPSA) is 90.9 Å². The number of piperidine rings is 1. The van der Waals surface area contributed by atoms with E-state index in [0.29, 0.717) is 6.10 Å². The van der Waals surface area contributed by atoms with E-state index in [1.807, 2.05) is 0 Å². The molecule has 2 heterocycles. The summed E-state index contributed by atoms with van der Waals surface area (Å²) < 4.78 is 33.1. The summed E-state index contributed by atoms with van der Waals surface area (Å²) in [4.78, 5) is 0. The quantitative estimate of drug-likeness (QED) is 0.708. The van der Waals surface area contributed by atoms with Crippen LogP contribution in [0.1, 0.15) is 38.5 Å². The molecule has 0 spiro atoms. The Kier molecular flexibility index (Phi) is 4.28. The highest BCUT2D eigenvalue weighted by Gasteiger charge is 2.36. The molecule has 0 radical (unpaired) electrons. The van der Waals surface area contributed by atoms with Crippen LogP contribution in [0.5, 0.6) is 0 Å². The summed E-state index contributed by atoms with van der Waals surface area (Å²) in [7, 11) is -3.59. The van der Waals surface area contributed by atoms with Crippen molar-refractivity contribution in [2.45, 2.75) is 56.8 Å². The fourth-order valence-corrected chi connectivity index (χ4v) is 4.61. The number of hydrogen-bond acceptors (Lipinski definition) is 5. The number of hydrogen-bond donors (Lipinski definition) is 3. The number of rotatable bonds is 3. The second kappa shape index (κ2) is 6.02. The molecule has 1 aliphatic carbocycles. The lowest BCUT2D eigenvalue weighted by Crippen LogP contribution is -2.42. The van der Waals surface area contributed by atoms with E-state index in [4.69, 9.17) is 4.74 Å². The first-order chi connectivity index (χ1) is 10.0. The average molecular weight is 317 g/mol. The molecule has 7 nitrogen and oxygen atoms in total. The minimum Gasteiger partial charge on any atom is -0.493 e. The van der Waals surface area contributed by atoms with Gasteiger partial charge >= 0.3 is 10.2 Å². The maximum Gasteiger partial charge on any atom is 0.326 e. The molecule has 0 aromatic heterocycles. The lowest BCUT2D eigenvalue weighted by molar-refractivity contribution is -0.0472. The van der Waals surface area contributed by atoms with Gasteiger partial charge in [0.2, 0.25) is 5.88 Å². The molecule has 0 bridgehead atoms. The van der Waals surface area contributed by atoms with Gasteiger partial charge in [-0.3, -0.25) is 4.31 Å². The van der Waals surface area contributed by atoms with Crippen molar-refractivity contribution in [3.05, 3.63) is 12.1 Å². The fourth-order valence-electron chi connectivity index (χ4n) is 3.34. The average Bonchev–Trinajstić information content (AvgIpc) is 2.74. The maximum absolute atomic E-state index is 11.8. The van der Waals surface area contributed by atoms with Crippen LogP contribution in [0.4, 0.5) is 0 Å². The fraction of sp³-hybridized carbons (Fsp3) is 0.846. The Hall–Kier alpha value is -0.990. The first-order valence-electron chi connectivity index (χ1n) is 7.63. The van der Waals surface area contributed by atoms with Gasteiger partial charge in [0.05, 0.1) is 18.4 Å². The van der Waals surface area contributed by atoms with Crippen molar-refractivity contribution in [3.63, 3.8) is 0 Å². The third kappa shape index (κ3) is 3.44. The molecule has 120 valence electrons. The molecule has 0 amide bonds. The van der Waals surface area contributed by atoms with Crippen molar-refractivity contribution in [1.82, 2.24) is 14.3 Å². The summed E-state index contributed by atoms with van der Waals surface area (Å²) in [6.07, 6.45) is 7.23. The molecule has 3 N–H and O–H groups in total. The number of nitrogens with zero attached hydrogens (tertiary/aromatic N) is 1. The zero-order valence-corrected chi connectivity index (χ0v) is 12.8. The second-order valence-corrected chi connectivity index (χ2v) is 7.54. The molecule has 1 saturated heterocycles. The van der Waals surface area contributed by atoms with Gasteiger partial charge < -0.3 is 15.2 Å². The van der Waals surface area contributed by atoms with Gasteiger partial charge in [-0.1, -0.05) is 0 Å². The van der Waals surface area contributed by atoms with Gasteiger partial charge in [0.1, 0.15) is 0 Å². The Morgan fingerprint density at radius 3 is 2.29 bits per heavy atom. The summed E-state index contributed by atoms with van der Waals surface area (Å²) in [5.74, 6) is -0.303. The Morgan fingerprint density at radius 1 is 1.10 bits per heavy atom. The predicted octanol–water partition coefficient (Wildman–Crippen LogP) is 0.573. The molecule has 21 heavy (non-hydrogen) atoms. The van der Waals surface area contributed by atoms with Gasteiger partial charge in [-0.05, 0) is 51.6 Å². The second-order valence-electron chi connectivity index (χ2n) is 5.97. The van der Waals surface area contributed by atoms with Crippen LogP contribution in [0.3, 0.4) is 0 Å². The van der Waals surface area contributed by atoms with Crippen LogP contribution in [0.25, 0.3) is 0 Å². The van der Waals surface area contributed by atoms with Crippen LogP contribution >= 0.6 is 0 Å². The number of aliphatic hydroxyl groups excluding tert-OH is 1. The van der Waals surface area contributed by atoms with Crippen LogP contribution in [0.2, 0.25) is 0 Å². The van der Waals surface area contributed by atoms with Crippen molar-refractivity contribution in [1.29, 1.82) is 0 Å². The smallest absolute Gasteiger partial charge is 0.326 e. The van der Waals surface area contributed by atoms with Crippen LogP contribution in [-0.4, -0.2) is 49.2 Å². The van der Waals surface area contributed by atoms with E-state index in [-0.39, 0.29) is 18.0 Å². The standard InChI is InChI=1S/C13H23N3O4S/c17-13-9-16(21(18,19)15-13)10-1-3-11(4-2-10)20-12-5-7-14-8-6-12/h9-12,14-15,17H,1-8H2. The molecular formula is C13H23N3O4S. The summed E-state index contributed by atoms with van der Waals surface area (Å²) >= 11 is 0. The summed E-state index contributed by atoms with van der Waals surface area (Å²) in [6, 6.07) is -0.0833. The van der Waals surface area contributed by atoms with Crippen LogP contribution in [0.15, 0.2) is 12.1 Å². The van der Waals surface area contributed by atoms with Crippen LogP contribution in [0, 0.1) is 0 Å². The van der Waals surface area contributed by atoms with Crippen LogP contribution < -0.4 is 10.0 Å². The van der Waals surface area contributed by atoms with E-state index in [1.54, 1.807) is 0 Å². The summed E-state index contributed by atoms with van der Waals surface area (Å²) in [6.45, 7) is 2.03. The number of nitrogens with one attached hydrogen (secondary N) is 2. The molecule has 0 aromatic rings. The largest absolute Gasteiger partial charge is 0.493 e. The Bertz CT molecular complexity index is 494. The normalized spacial score (nSPS) is 33.5. The van der Waals surface area contributed by atoms with Gasteiger partial charge in [-0.15, -0.1) is 0 Å². The molecule has 3 aliphatic rings. The summed E-state index contributed by atoms with van der Waals surface area (Å²) in [5, 5.41) is 12.7. The van der Waals surface area contributed by atoms with E-state index >= 15 is 0 Å². The molecule has 2 fully saturated rings. The lowest BCUT2D eigenvalue weighted by atomic mass is 9.92. The summed E-state index contributed by atoms with van der Waals surface area (Å²) in [5.41, 5.74) is 0. The van der Waals surface area contributed by atoms with E-state index in [0.717, 1.165) is 51.6 Å². The zero-order valence-electron chi connectivity index (χ0n) is 12.0. The SMILES string of the molecule is O=S1(=O)NC(O)=CN1C1CCC(OC2CCNCC2)CC1. The third-order valence-corrected chi connectivity index (χ3v) is 5.86. The van der Waals surface area contributed by atoms with E-state index < -0.39 is 10.2 Å². The molecule has 0 atom stereocenters. The molecule has 8 heteroatoms. The predicted molar refractivity (Wildman–Crippen MR) is 77.6 cm³/mol. The Balaban J connectivity index is 1.51. The van der Waals surface area contributed by atoms with E-state index in [1.165, 1.54) is 10.5 Å². The van der Waals surface area contributed by atoms with Crippen molar-refractivity contribution < 1.29 is 18.3 Å². The van der Waals surface area contributed by atoms with Gasteiger partial charge in [-0.25, -0.2) is 4.72 Å². The molecule has 3 rings (SSSR count). The van der Waals surface area contributed by atoms with Crippen molar-refractivity contribution in [2.75, 3.05) is 13.1 Å².